The highest BCUT2D eigenvalue weighted by Gasteiger charge is 2.32. The lowest BCUT2D eigenvalue weighted by Gasteiger charge is -2.24. The third-order valence-corrected chi connectivity index (χ3v) is 3.84. The lowest BCUT2D eigenvalue weighted by molar-refractivity contribution is -0.432. The van der Waals surface area contributed by atoms with Gasteiger partial charge in [0.1, 0.15) is 5.60 Å². The van der Waals surface area contributed by atoms with Crippen molar-refractivity contribution >= 4 is 18.0 Å². The van der Waals surface area contributed by atoms with Crippen LogP contribution < -0.4 is 0 Å². The van der Waals surface area contributed by atoms with Gasteiger partial charge >= 0.3 is 5.97 Å². The molecule has 1 fully saturated rings. The second-order valence-corrected chi connectivity index (χ2v) is 5.57. The fourth-order valence-corrected chi connectivity index (χ4v) is 2.56. The average molecular weight is 284 g/mol. The van der Waals surface area contributed by atoms with Gasteiger partial charge in [-0.1, -0.05) is 5.04 Å². The van der Waals surface area contributed by atoms with Gasteiger partial charge in [-0.25, -0.2) is 10.1 Å². The summed E-state index contributed by atoms with van der Waals surface area (Å²) in [5, 5.41) is 11.5. The normalized spacial score (nSPS) is 17.4. The topological polar surface area (TPSA) is 65.0 Å². The molecule has 1 aromatic rings. The van der Waals surface area contributed by atoms with Gasteiger partial charge in [0.2, 0.25) is 0 Å². The Labute approximate surface area is 115 Å². The summed E-state index contributed by atoms with van der Waals surface area (Å²) in [4.78, 5) is 12.7. The molecule has 0 radical (unpaired) electrons. The zero-order valence-electron chi connectivity index (χ0n) is 10.6. The number of carbonyl (C=O) groups excluding carboxylic acids is 1. The molecule has 2 rings (SSSR count). The zero-order chi connectivity index (χ0) is 13.7. The first kappa shape index (κ1) is 14.3. The van der Waals surface area contributed by atoms with E-state index in [-0.39, 0.29) is 11.6 Å². The molecular formula is C13H16O5S. The summed E-state index contributed by atoms with van der Waals surface area (Å²) in [6, 6.07) is 6.70. The van der Waals surface area contributed by atoms with Crippen molar-refractivity contribution in [1.82, 2.24) is 0 Å². The van der Waals surface area contributed by atoms with Crippen molar-refractivity contribution in [3.05, 3.63) is 29.8 Å². The van der Waals surface area contributed by atoms with Crippen LogP contribution in [0.25, 0.3) is 0 Å². The van der Waals surface area contributed by atoms with Crippen molar-refractivity contribution in [2.45, 2.75) is 43.1 Å². The monoisotopic (exact) mass is 284 g/mol. The van der Waals surface area contributed by atoms with Gasteiger partial charge in [-0.05, 0) is 56.9 Å². The van der Waals surface area contributed by atoms with Crippen molar-refractivity contribution in [2.75, 3.05) is 0 Å². The van der Waals surface area contributed by atoms with Crippen LogP contribution >= 0.6 is 12.0 Å². The molecule has 0 saturated heterocycles. The highest BCUT2D eigenvalue weighted by molar-refractivity contribution is 7.94. The number of esters is 1. The van der Waals surface area contributed by atoms with E-state index >= 15 is 0 Å². The number of rotatable bonds is 5. The Kier molecular flexibility index (Phi) is 4.81. The van der Waals surface area contributed by atoms with Crippen molar-refractivity contribution < 1.29 is 24.2 Å². The molecule has 1 saturated carbocycles. The molecule has 1 aliphatic rings. The van der Waals surface area contributed by atoms with Gasteiger partial charge in [0.05, 0.1) is 17.6 Å². The summed E-state index contributed by atoms with van der Waals surface area (Å²) >= 11 is 0.849. The molecule has 0 bridgehead atoms. The van der Waals surface area contributed by atoms with E-state index in [2.05, 4.69) is 9.37 Å². The van der Waals surface area contributed by atoms with Crippen molar-refractivity contribution in [3.8, 4) is 0 Å². The van der Waals surface area contributed by atoms with Crippen LogP contribution in [0.5, 0.6) is 0 Å². The molecule has 1 N–H and O–H groups in total. The summed E-state index contributed by atoms with van der Waals surface area (Å²) in [5.74, 6) is -0.305. The SMILES string of the molecule is CC1(OC(=O)c2ccc(SOOO)cc2)CCCC1. The Balaban J connectivity index is 1.95. The lowest BCUT2D eigenvalue weighted by Crippen LogP contribution is -2.28. The van der Waals surface area contributed by atoms with Crippen LogP contribution in [0.15, 0.2) is 29.2 Å². The van der Waals surface area contributed by atoms with Crippen LogP contribution in [-0.4, -0.2) is 16.8 Å². The fraction of sp³-hybridized carbons (Fsp3) is 0.462. The number of hydrogen-bond acceptors (Lipinski definition) is 6. The minimum Gasteiger partial charge on any atom is -0.456 e. The van der Waals surface area contributed by atoms with Gasteiger partial charge in [0, 0.05) is 4.90 Å². The van der Waals surface area contributed by atoms with E-state index in [1.165, 1.54) is 0 Å². The third kappa shape index (κ3) is 3.94. The first-order valence-corrected chi connectivity index (χ1v) is 6.85. The first-order chi connectivity index (χ1) is 9.13. The maximum atomic E-state index is 12.0. The minimum absolute atomic E-state index is 0.305. The Morgan fingerprint density at radius 3 is 2.47 bits per heavy atom. The van der Waals surface area contributed by atoms with Crippen molar-refractivity contribution in [2.24, 2.45) is 0 Å². The van der Waals surface area contributed by atoms with Crippen LogP contribution in [0.1, 0.15) is 43.0 Å². The molecule has 0 spiro atoms. The number of benzene rings is 1. The Bertz CT molecular complexity index is 425. The van der Waals surface area contributed by atoms with Gasteiger partial charge in [-0.3, -0.25) is 0 Å². The molecule has 1 aromatic carbocycles. The van der Waals surface area contributed by atoms with Gasteiger partial charge in [0.15, 0.2) is 0 Å². The zero-order valence-corrected chi connectivity index (χ0v) is 11.4. The molecule has 0 amide bonds. The summed E-state index contributed by atoms with van der Waals surface area (Å²) in [5.41, 5.74) is 0.181. The van der Waals surface area contributed by atoms with Gasteiger partial charge < -0.3 is 4.74 Å². The quantitative estimate of drug-likeness (QED) is 0.386. The van der Waals surface area contributed by atoms with E-state index in [1.807, 2.05) is 6.92 Å². The number of hydrogen-bond donors (Lipinski definition) is 1. The molecule has 0 heterocycles. The molecule has 104 valence electrons. The third-order valence-electron chi connectivity index (χ3n) is 3.25. The predicted molar refractivity (Wildman–Crippen MR) is 69.4 cm³/mol. The second kappa shape index (κ2) is 6.38. The fourth-order valence-electron chi connectivity index (χ4n) is 2.21. The van der Waals surface area contributed by atoms with Crippen LogP contribution in [0.2, 0.25) is 0 Å². The number of ether oxygens (including phenoxy) is 1. The highest BCUT2D eigenvalue weighted by Crippen LogP contribution is 2.33. The summed E-state index contributed by atoms with van der Waals surface area (Å²) in [7, 11) is 0. The number of carbonyl (C=O) groups is 1. The van der Waals surface area contributed by atoms with E-state index in [1.54, 1.807) is 24.3 Å². The standard InChI is InChI=1S/C13H16O5S/c1-13(8-2-3-9-13)16-12(14)10-4-6-11(7-5-10)19-18-17-15/h4-7,15H,2-3,8-9H2,1H3. The average Bonchev–Trinajstić information content (AvgIpc) is 2.83. The molecule has 5 nitrogen and oxygen atoms in total. The summed E-state index contributed by atoms with van der Waals surface area (Å²) in [6.45, 7) is 1.98. The van der Waals surface area contributed by atoms with Crippen LogP contribution in [-0.2, 0) is 14.1 Å². The lowest BCUT2D eigenvalue weighted by atomic mass is 10.1. The molecule has 19 heavy (non-hydrogen) atoms. The van der Waals surface area contributed by atoms with Gasteiger partial charge in [-0.2, -0.15) is 0 Å². The van der Waals surface area contributed by atoms with Crippen LogP contribution in [0.4, 0.5) is 0 Å². The first-order valence-electron chi connectivity index (χ1n) is 6.11. The van der Waals surface area contributed by atoms with Crippen molar-refractivity contribution in [1.29, 1.82) is 0 Å². The summed E-state index contributed by atoms with van der Waals surface area (Å²) in [6.07, 6.45) is 4.07. The van der Waals surface area contributed by atoms with E-state index in [9.17, 15) is 4.79 Å². The molecule has 0 atom stereocenters. The molecule has 0 aromatic heterocycles. The van der Waals surface area contributed by atoms with E-state index in [0.29, 0.717) is 10.5 Å². The minimum atomic E-state index is -0.321. The van der Waals surface area contributed by atoms with E-state index in [4.69, 9.17) is 9.99 Å². The predicted octanol–water partition coefficient (Wildman–Crippen LogP) is 3.60. The molecule has 1 aliphatic carbocycles. The van der Waals surface area contributed by atoms with Gasteiger partial charge in [0.25, 0.3) is 0 Å². The van der Waals surface area contributed by atoms with E-state index in [0.717, 1.165) is 37.7 Å². The maximum Gasteiger partial charge on any atom is 0.338 e. The van der Waals surface area contributed by atoms with Crippen LogP contribution in [0.3, 0.4) is 0 Å². The smallest absolute Gasteiger partial charge is 0.338 e. The summed E-state index contributed by atoms with van der Waals surface area (Å²) < 4.78 is 9.86. The van der Waals surface area contributed by atoms with Crippen molar-refractivity contribution in [3.63, 3.8) is 0 Å². The molecule has 6 heteroatoms. The highest BCUT2D eigenvalue weighted by atomic mass is 32.2. The van der Waals surface area contributed by atoms with Gasteiger partial charge in [-0.15, -0.1) is 4.33 Å². The Hall–Kier alpha value is -1.08. The Morgan fingerprint density at radius 1 is 1.26 bits per heavy atom. The second-order valence-electron chi connectivity index (χ2n) is 4.80. The maximum absolute atomic E-state index is 12.0. The Morgan fingerprint density at radius 2 is 1.89 bits per heavy atom. The molecule has 0 unspecified atom stereocenters. The molecular weight excluding hydrogens is 268 g/mol. The largest absolute Gasteiger partial charge is 0.456 e. The molecule has 0 aliphatic heterocycles. The van der Waals surface area contributed by atoms with Crippen LogP contribution in [0, 0.1) is 0 Å². The van der Waals surface area contributed by atoms with E-state index < -0.39 is 0 Å².